The van der Waals surface area contributed by atoms with Crippen LogP contribution in [0.1, 0.15) is 27.7 Å². The van der Waals surface area contributed by atoms with Gasteiger partial charge in [0, 0.05) is 0 Å². The van der Waals surface area contributed by atoms with Gasteiger partial charge in [0.15, 0.2) is 0 Å². The first kappa shape index (κ1) is 18.9. The first-order chi connectivity index (χ1) is 14.9. The predicted octanol–water partition coefficient (Wildman–Crippen LogP) is 6.45. The summed E-state index contributed by atoms with van der Waals surface area (Å²) in [6.07, 6.45) is 0. The molecule has 0 atom stereocenters. The van der Waals surface area contributed by atoms with Crippen molar-refractivity contribution in [3.05, 3.63) is 78.9 Å². The largest absolute Gasteiger partial charge is 0.495 e. The Bertz CT molecular complexity index is 1320. The second-order valence-electron chi connectivity index (χ2n) is 9.65. The third-order valence-electron chi connectivity index (χ3n) is 7.29. The van der Waals surface area contributed by atoms with Crippen LogP contribution in [-0.2, 0) is 9.31 Å². The van der Waals surface area contributed by atoms with E-state index in [2.05, 4.69) is 107 Å². The zero-order valence-electron chi connectivity index (χ0n) is 18.4. The topological polar surface area (TPSA) is 18.5 Å². The highest BCUT2D eigenvalue weighted by molar-refractivity contribution is 6.65. The summed E-state index contributed by atoms with van der Waals surface area (Å²) in [6, 6.07) is 28.4. The Morgan fingerprint density at radius 2 is 1.26 bits per heavy atom. The Morgan fingerprint density at radius 3 is 2.00 bits per heavy atom. The Hall–Kier alpha value is -2.88. The van der Waals surface area contributed by atoms with Crippen molar-refractivity contribution in [2.45, 2.75) is 38.9 Å². The molecule has 6 rings (SSSR count). The molecule has 1 saturated heterocycles. The maximum absolute atomic E-state index is 6.39. The van der Waals surface area contributed by atoms with E-state index in [0.29, 0.717) is 0 Å². The summed E-state index contributed by atoms with van der Waals surface area (Å²) in [7, 11) is -0.363. The maximum atomic E-state index is 6.39. The Balaban J connectivity index is 1.52. The highest BCUT2D eigenvalue weighted by Gasteiger charge is 2.52. The molecule has 0 N–H and O–H groups in total. The van der Waals surface area contributed by atoms with Crippen molar-refractivity contribution in [3.63, 3.8) is 0 Å². The van der Waals surface area contributed by atoms with E-state index in [0.717, 1.165) is 5.46 Å². The van der Waals surface area contributed by atoms with Gasteiger partial charge in [0.2, 0.25) is 0 Å². The van der Waals surface area contributed by atoms with Gasteiger partial charge in [-0.15, -0.1) is 0 Å². The quantitative estimate of drug-likeness (QED) is 0.315. The minimum atomic E-state index is -0.363. The fourth-order valence-corrected chi connectivity index (χ4v) is 4.87. The third kappa shape index (κ3) is 2.67. The normalized spacial score (nSPS) is 17.9. The summed E-state index contributed by atoms with van der Waals surface area (Å²) in [6.45, 7) is 8.42. The van der Waals surface area contributed by atoms with Gasteiger partial charge in [0.1, 0.15) is 0 Å². The van der Waals surface area contributed by atoms with Gasteiger partial charge in [0.25, 0.3) is 0 Å². The molecular formula is C28H25BO2. The molecule has 0 amide bonds. The molecule has 0 bridgehead atoms. The molecule has 2 nitrogen and oxygen atoms in total. The van der Waals surface area contributed by atoms with E-state index in [1.165, 1.54) is 44.2 Å². The van der Waals surface area contributed by atoms with Gasteiger partial charge in [-0.2, -0.15) is 0 Å². The molecule has 4 aromatic carbocycles. The van der Waals surface area contributed by atoms with Gasteiger partial charge in [-0.1, -0.05) is 72.8 Å². The first-order valence-electron chi connectivity index (χ1n) is 11.0. The van der Waals surface area contributed by atoms with Crippen LogP contribution in [0.4, 0.5) is 0 Å². The number of hydrogen-bond donors (Lipinski definition) is 0. The highest BCUT2D eigenvalue weighted by atomic mass is 16.7. The number of hydrogen-bond acceptors (Lipinski definition) is 2. The van der Waals surface area contributed by atoms with E-state index in [9.17, 15) is 0 Å². The Kier molecular flexibility index (Phi) is 3.84. The second kappa shape index (κ2) is 6.32. The summed E-state index contributed by atoms with van der Waals surface area (Å²) in [5, 5.41) is 2.51. The molecule has 0 aromatic heterocycles. The smallest absolute Gasteiger partial charge is 0.399 e. The van der Waals surface area contributed by atoms with Crippen LogP contribution < -0.4 is 5.46 Å². The average molecular weight is 404 g/mol. The van der Waals surface area contributed by atoms with Gasteiger partial charge < -0.3 is 9.31 Å². The van der Waals surface area contributed by atoms with Crippen LogP contribution in [0.2, 0.25) is 0 Å². The van der Waals surface area contributed by atoms with Crippen LogP contribution in [-0.4, -0.2) is 18.3 Å². The van der Waals surface area contributed by atoms with Crippen molar-refractivity contribution in [2.24, 2.45) is 0 Å². The van der Waals surface area contributed by atoms with Gasteiger partial charge in [-0.25, -0.2) is 0 Å². The summed E-state index contributed by atoms with van der Waals surface area (Å²) >= 11 is 0. The standard InChI is InChI=1S/C28H25BO2/c1-27(2)28(3,4)31-29(30-27)25-16-15-22-20-14-13-19(18-9-6-5-7-10-18)17-24(20)21-11-8-12-23(25)26(21)22/h5-17H,1-4H3. The monoisotopic (exact) mass is 404 g/mol. The third-order valence-corrected chi connectivity index (χ3v) is 7.29. The van der Waals surface area contributed by atoms with Crippen molar-refractivity contribution < 1.29 is 9.31 Å². The first-order valence-corrected chi connectivity index (χ1v) is 11.0. The lowest BCUT2D eigenvalue weighted by Crippen LogP contribution is -2.41. The van der Waals surface area contributed by atoms with E-state index < -0.39 is 0 Å². The van der Waals surface area contributed by atoms with Gasteiger partial charge in [0.05, 0.1) is 11.2 Å². The van der Waals surface area contributed by atoms with Crippen LogP contribution in [0.15, 0.2) is 78.9 Å². The SMILES string of the molecule is CC1(C)OB(c2ccc3c4c(cccc24)-c2cc(-c4ccccc4)ccc2-3)OC1(C)C. The lowest BCUT2D eigenvalue weighted by Gasteiger charge is -2.32. The molecule has 2 aliphatic rings. The van der Waals surface area contributed by atoms with Crippen LogP contribution in [0.3, 0.4) is 0 Å². The van der Waals surface area contributed by atoms with Gasteiger partial charge in [-0.05, 0) is 83.4 Å². The second-order valence-corrected chi connectivity index (χ2v) is 9.65. The summed E-state index contributed by atoms with van der Waals surface area (Å²) < 4.78 is 12.8. The zero-order chi connectivity index (χ0) is 21.4. The lowest BCUT2D eigenvalue weighted by atomic mass is 9.75. The van der Waals surface area contributed by atoms with E-state index in [4.69, 9.17) is 9.31 Å². The molecule has 4 aromatic rings. The molecule has 1 fully saturated rings. The van der Waals surface area contributed by atoms with Crippen LogP contribution in [0.5, 0.6) is 0 Å². The minimum Gasteiger partial charge on any atom is -0.399 e. The molecule has 0 saturated carbocycles. The van der Waals surface area contributed by atoms with Crippen molar-refractivity contribution in [1.29, 1.82) is 0 Å². The fourth-order valence-electron chi connectivity index (χ4n) is 4.87. The molecule has 1 aliphatic carbocycles. The summed E-state index contributed by atoms with van der Waals surface area (Å²) in [5.74, 6) is 0. The molecular weight excluding hydrogens is 379 g/mol. The highest BCUT2D eigenvalue weighted by Crippen LogP contribution is 2.48. The zero-order valence-corrected chi connectivity index (χ0v) is 18.4. The van der Waals surface area contributed by atoms with E-state index in [-0.39, 0.29) is 18.3 Å². The van der Waals surface area contributed by atoms with Crippen molar-refractivity contribution in [3.8, 4) is 33.4 Å². The molecule has 1 heterocycles. The van der Waals surface area contributed by atoms with Crippen LogP contribution in [0, 0.1) is 0 Å². The minimum absolute atomic E-state index is 0.353. The molecule has 3 heteroatoms. The molecule has 0 radical (unpaired) electrons. The maximum Gasteiger partial charge on any atom is 0.495 e. The van der Waals surface area contributed by atoms with Crippen molar-refractivity contribution in [1.82, 2.24) is 0 Å². The van der Waals surface area contributed by atoms with E-state index >= 15 is 0 Å². The molecule has 152 valence electrons. The van der Waals surface area contributed by atoms with E-state index in [1.54, 1.807) is 0 Å². The Morgan fingerprint density at radius 1 is 0.581 bits per heavy atom. The molecule has 31 heavy (non-hydrogen) atoms. The van der Waals surface area contributed by atoms with Gasteiger partial charge >= 0.3 is 7.12 Å². The number of fused-ring (bicyclic) bond motifs is 3. The number of benzene rings is 4. The Labute approximate surface area is 184 Å². The van der Waals surface area contributed by atoms with Crippen molar-refractivity contribution >= 4 is 23.4 Å². The average Bonchev–Trinajstić information content (AvgIpc) is 3.20. The summed E-state index contributed by atoms with van der Waals surface area (Å²) in [4.78, 5) is 0. The lowest BCUT2D eigenvalue weighted by molar-refractivity contribution is 0.00578. The number of rotatable bonds is 2. The summed E-state index contributed by atoms with van der Waals surface area (Å²) in [5.41, 5.74) is 8.07. The van der Waals surface area contributed by atoms with Crippen LogP contribution >= 0.6 is 0 Å². The molecule has 0 unspecified atom stereocenters. The van der Waals surface area contributed by atoms with Crippen molar-refractivity contribution in [2.75, 3.05) is 0 Å². The van der Waals surface area contributed by atoms with Gasteiger partial charge in [-0.3, -0.25) is 0 Å². The molecule has 0 spiro atoms. The van der Waals surface area contributed by atoms with E-state index in [1.807, 2.05) is 0 Å². The predicted molar refractivity (Wildman–Crippen MR) is 130 cm³/mol. The fraction of sp³-hybridized carbons (Fsp3) is 0.214. The van der Waals surface area contributed by atoms with Crippen LogP contribution in [0.25, 0.3) is 44.2 Å². The molecule has 1 aliphatic heterocycles.